The van der Waals surface area contributed by atoms with E-state index < -0.39 is 46.5 Å². The summed E-state index contributed by atoms with van der Waals surface area (Å²) in [6.07, 6.45) is -4.59. The Hall–Kier alpha value is -3.07. The van der Waals surface area contributed by atoms with Crippen LogP contribution in [0.4, 0.5) is 13.2 Å². The number of aromatic amines is 1. The van der Waals surface area contributed by atoms with Gasteiger partial charge < -0.3 is 20.0 Å². The normalized spacial score (nSPS) is 13.5. The van der Waals surface area contributed by atoms with Crippen molar-refractivity contribution >= 4 is 27.0 Å². The van der Waals surface area contributed by atoms with E-state index in [1.807, 2.05) is 13.0 Å². The predicted octanol–water partition coefficient (Wildman–Crippen LogP) is 1.30. The molecule has 0 aromatic carbocycles. The molecule has 3 heterocycles. The first-order chi connectivity index (χ1) is 14.9. The lowest BCUT2D eigenvalue weighted by Gasteiger charge is -2.22. The van der Waals surface area contributed by atoms with E-state index in [0.29, 0.717) is 16.8 Å². The number of aryl methyl sites for hydroxylation is 1. The molecule has 10 nitrogen and oxygen atoms in total. The van der Waals surface area contributed by atoms with E-state index in [2.05, 4.69) is 19.8 Å². The molecule has 0 spiro atoms. The van der Waals surface area contributed by atoms with E-state index in [1.165, 1.54) is 18.5 Å². The molecule has 0 saturated heterocycles. The molecule has 3 N–H and O–H groups in total. The van der Waals surface area contributed by atoms with Gasteiger partial charge in [0.05, 0.1) is 19.3 Å². The van der Waals surface area contributed by atoms with Gasteiger partial charge in [0.2, 0.25) is 0 Å². The Morgan fingerprint density at radius 1 is 1.28 bits per heavy atom. The van der Waals surface area contributed by atoms with E-state index >= 15 is 0 Å². The lowest BCUT2D eigenvalue weighted by molar-refractivity contribution is -0.224. The third-order valence-corrected chi connectivity index (χ3v) is 5.76. The first kappa shape index (κ1) is 23.6. The van der Waals surface area contributed by atoms with Crippen LogP contribution in [0.1, 0.15) is 5.69 Å². The number of hydroxylamine groups is 1. The molecule has 1 unspecified atom stereocenters. The smallest absolute Gasteiger partial charge is 0.394 e. The van der Waals surface area contributed by atoms with E-state index in [0.717, 1.165) is 17.1 Å². The fraction of sp³-hybridized carbons (Fsp3) is 0.278. The second-order valence-corrected chi connectivity index (χ2v) is 8.44. The number of carbonyl (C=O) groups is 1. The lowest BCUT2D eigenvalue weighted by atomic mass is 10.1. The third kappa shape index (κ3) is 4.88. The van der Waals surface area contributed by atoms with Crippen LogP contribution in [0.2, 0.25) is 0 Å². The molecular weight excluding hydrogens is 457 g/mol. The Kier molecular flexibility index (Phi) is 6.50. The van der Waals surface area contributed by atoms with Crippen molar-refractivity contribution in [2.45, 2.75) is 24.2 Å². The zero-order valence-corrected chi connectivity index (χ0v) is 17.2. The van der Waals surface area contributed by atoms with Crippen LogP contribution in [-0.2, 0) is 19.7 Å². The molecule has 14 heteroatoms. The Morgan fingerprint density at radius 2 is 2.00 bits per heavy atom. The van der Waals surface area contributed by atoms with Gasteiger partial charge in [-0.2, -0.15) is 13.2 Å². The molecule has 0 aliphatic heterocycles. The zero-order valence-electron chi connectivity index (χ0n) is 16.4. The molecule has 0 bridgehead atoms. The van der Waals surface area contributed by atoms with Gasteiger partial charge in [-0.3, -0.25) is 0 Å². The molecule has 3 rings (SSSR count). The van der Waals surface area contributed by atoms with Crippen molar-refractivity contribution < 1.29 is 41.4 Å². The Balaban J connectivity index is 1.95. The number of H-pyrrole nitrogens is 1. The first-order valence-electron chi connectivity index (χ1n) is 8.95. The van der Waals surface area contributed by atoms with Crippen molar-refractivity contribution in [3.63, 3.8) is 0 Å². The molecule has 3 aromatic rings. The number of alkyl halides is 3. The van der Waals surface area contributed by atoms with Crippen molar-refractivity contribution in [2.75, 3.05) is 13.2 Å². The number of aromatic nitrogens is 3. The van der Waals surface area contributed by atoms with Crippen LogP contribution in [0.15, 0.2) is 41.7 Å². The lowest BCUT2D eigenvalue weighted by Crippen LogP contribution is -2.43. The summed E-state index contributed by atoms with van der Waals surface area (Å²) in [6.45, 7) is -0.301. The van der Waals surface area contributed by atoms with Crippen molar-refractivity contribution in [2.24, 2.45) is 0 Å². The zero-order chi connectivity index (χ0) is 23.7. The summed E-state index contributed by atoms with van der Waals surface area (Å²) in [5, 5.41) is 18.4. The number of nitrogens with zero attached hydrogens (tertiary/aromatic N) is 3. The fourth-order valence-electron chi connectivity index (χ4n) is 2.77. The second kappa shape index (κ2) is 8.82. The second-order valence-electron chi connectivity index (χ2n) is 6.66. The standard InChI is InChI=1S/C18H17F3N4O6S/c1-10-6-14-13(4-5-22-16(14)24-10)11-2-3-15(23-7-11)32(29,30)25(8-12(27)9-26)31-17(28)18(19,20)21/h2-7,12,26-27H,8-9H2,1H3,(H,22,24). The van der Waals surface area contributed by atoms with Gasteiger partial charge in [-0.15, -0.1) is 0 Å². The molecule has 0 aliphatic rings. The molecule has 0 radical (unpaired) electrons. The minimum atomic E-state index is -5.49. The van der Waals surface area contributed by atoms with Gasteiger partial charge in [0.15, 0.2) is 5.03 Å². The number of aliphatic hydroxyl groups is 2. The number of fused-ring (bicyclic) bond motifs is 1. The highest BCUT2D eigenvalue weighted by atomic mass is 32.2. The number of nitrogens with one attached hydrogen (secondary N) is 1. The molecule has 1 atom stereocenters. The maximum Gasteiger partial charge on any atom is 0.492 e. The van der Waals surface area contributed by atoms with Crippen LogP contribution >= 0.6 is 0 Å². The SMILES string of the molecule is Cc1cc2c(-c3ccc(S(=O)(=O)N(CC(O)CO)OC(=O)C(F)(F)F)nc3)ccnc2[nH]1. The highest BCUT2D eigenvalue weighted by Gasteiger charge is 2.45. The third-order valence-electron chi connectivity index (χ3n) is 4.23. The maximum absolute atomic E-state index is 12.7. The minimum absolute atomic E-state index is 0.355. The Morgan fingerprint density at radius 3 is 2.59 bits per heavy atom. The monoisotopic (exact) mass is 474 g/mol. The first-order valence-corrected chi connectivity index (χ1v) is 10.4. The van der Waals surface area contributed by atoms with Crippen molar-refractivity contribution in [3.8, 4) is 11.1 Å². The van der Waals surface area contributed by atoms with Gasteiger partial charge in [0.25, 0.3) is 10.0 Å². The van der Waals surface area contributed by atoms with Gasteiger partial charge in [-0.05, 0) is 41.2 Å². The van der Waals surface area contributed by atoms with Gasteiger partial charge >= 0.3 is 12.1 Å². The summed E-state index contributed by atoms with van der Waals surface area (Å²) in [7, 11) is -4.91. The molecule has 32 heavy (non-hydrogen) atoms. The van der Waals surface area contributed by atoms with E-state index in [4.69, 9.17) is 5.11 Å². The van der Waals surface area contributed by atoms with Gasteiger partial charge in [-0.1, -0.05) is 0 Å². The molecule has 0 amide bonds. The highest BCUT2D eigenvalue weighted by Crippen LogP contribution is 2.28. The molecular formula is C18H17F3N4O6S. The predicted molar refractivity (Wildman–Crippen MR) is 103 cm³/mol. The summed E-state index contributed by atoms with van der Waals surface area (Å²) in [5.74, 6) is -2.81. The molecule has 3 aromatic heterocycles. The average molecular weight is 474 g/mol. The van der Waals surface area contributed by atoms with Crippen molar-refractivity contribution in [3.05, 3.63) is 42.4 Å². The molecule has 0 fully saturated rings. The van der Waals surface area contributed by atoms with Crippen LogP contribution in [-0.4, -0.2) is 69.5 Å². The number of carbonyl (C=O) groups excluding carboxylic acids is 1. The van der Waals surface area contributed by atoms with Gasteiger partial charge in [0, 0.05) is 29.0 Å². The number of halogens is 3. The van der Waals surface area contributed by atoms with E-state index in [-0.39, 0.29) is 4.47 Å². The molecule has 0 aliphatic carbocycles. The van der Waals surface area contributed by atoms with Crippen LogP contribution in [0.3, 0.4) is 0 Å². The van der Waals surface area contributed by atoms with Crippen LogP contribution in [0.5, 0.6) is 0 Å². The summed E-state index contributed by atoms with van der Waals surface area (Å²) in [6, 6.07) is 5.88. The number of sulfonamides is 1. The van der Waals surface area contributed by atoms with Crippen LogP contribution < -0.4 is 0 Å². The fourth-order valence-corrected chi connectivity index (χ4v) is 3.93. The molecule has 172 valence electrons. The Bertz CT molecular complexity index is 1230. The highest BCUT2D eigenvalue weighted by molar-refractivity contribution is 7.88. The van der Waals surface area contributed by atoms with Gasteiger partial charge in [0.1, 0.15) is 5.65 Å². The summed E-state index contributed by atoms with van der Waals surface area (Å²) in [4.78, 5) is 26.1. The van der Waals surface area contributed by atoms with E-state index in [1.54, 1.807) is 6.07 Å². The topological polar surface area (TPSA) is 146 Å². The number of hydrogen-bond donors (Lipinski definition) is 3. The van der Waals surface area contributed by atoms with Crippen LogP contribution in [0.25, 0.3) is 22.2 Å². The quantitative estimate of drug-likeness (QED) is 0.435. The summed E-state index contributed by atoms with van der Waals surface area (Å²) >= 11 is 0. The number of aliphatic hydroxyl groups excluding tert-OH is 2. The minimum Gasteiger partial charge on any atom is -0.394 e. The van der Waals surface area contributed by atoms with Crippen molar-refractivity contribution in [1.29, 1.82) is 0 Å². The van der Waals surface area contributed by atoms with Gasteiger partial charge in [-0.25, -0.2) is 23.2 Å². The Labute approximate surface area is 179 Å². The maximum atomic E-state index is 12.7. The largest absolute Gasteiger partial charge is 0.492 e. The summed E-state index contributed by atoms with van der Waals surface area (Å²) in [5.41, 5.74) is 2.60. The summed E-state index contributed by atoms with van der Waals surface area (Å²) < 4.78 is 62.8. The average Bonchev–Trinajstić information content (AvgIpc) is 3.12. The van der Waals surface area contributed by atoms with Crippen molar-refractivity contribution in [1.82, 2.24) is 19.4 Å². The van der Waals surface area contributed by atoms with Crippen LogP contribution in [0, 0.1) is 6.92 Å². The molecule has 0 saturated carbocycles. The number of hydrogen-bond acceptors (Lipinski definition) is 8. The van der Waals surface area contributed by atoms with E-state index in [9.17, 15) is 31.5 Å². The number of rotatable bonds is 7. The number of pyridine rings is 2.